The van der Waals surface area contributed by atoms with Crippen LogP contribution in [0.2, 0.25) is 0 Å². The Morgan fingerprint density at radius 1 is 1.00 bits per heavy atom. The first-order valence-corrected chi connectivity index (χ1v) is 8.91. The van der Waals surface area contributed by atoms with E-state index in [2.05, 4.69) is 10.2 Å². The smallest absolute Gasteiger partial charge is 0.323 e. The van der Waals surface area contributed by atoms with Crippen LogP contribution in [0.15, 0.2) is 54.6 Å². The summed E-state index contributed by atoms with van der Waals surface area (Å²) in [7, 11) is 0. The summed E-state index contributed by atoms with van der Waals surface area (Å²) in [6.07, 6.45) is -4.31. The lowest BCUT2D eigenvalue weighted by Crippen LogP contribution is -2.54. The van der Waals surface area contributed by atoms with Gasteiger partial charge in [0.2, 0.25) is 0 Å². The number of halogens is 3. The minimum Gasteiger partial charge on any atom is -0.323 e. The minimum atomic E-state index is -4.31. The van der Waals surface area contributed by atoms with E-state index in [4.69, 9.17) is 0 Å². The third kappa shape index (κ3) is 3.78. The second kappa shape index (κ2) is 6.88. The van der Waals surface area contributed by atoms with Crippen LogP contribution in [0.3, 0.4) is 0 Å². The average molecular weight is 375 g/mol. The standard InChI is InChI=1S/C20H20F3N3O/c21-20(22,23)16-8-6-14(7-9-16)10-25-11-15-12-26(13-18(15)25)19(27)24-17-4-2-1-3-5-17/h1-9,15,18H,10-13H2,(H,24,27)/t15-,18-/m0/s1. The number of nitrogens with zero attached hydrogens (tertiary/aromatic N) is 2. The molecule has 27 heavy (non-hydrogen) atoms. The molecule has 2 heterocycles. The molecule has 142 valence electrons. The molecule has 0 unspecified atom stereocenters. The van der Waals surface area contributed by atoms with Crippen LogP contribution in [-0.2, 0) is 12.7 Å². The molecule has 0 aromatic heterocycles. The number of amides is 2. The van der Waals surface area contributed by atoms with Gasteiger partial charge in [-0.05, 0) is 29.8 Å². The van der Waals surface area contributed by atoms with Gasteiger partial charge in [0.15, 0.2) is 0 Å². The Labute approximate surface area is 155 Å². The van der Waals surface area contributed by atoms with Crippen LogP contribution in [-0.4, -0.2) is 41.5 Å². The number of hydrogen-bond donors (Lipinski definition) is 1. The van der Waals surface area contributed by atoms with Crippen molar-refractivity contribution in [2.24, 2.45) is 5.92 Å². The number of benzene rings is 2. The number of nitrogens with one attached hydrogen (secondary N) is 1. The molecule has 4 rings (SSSR count). The number of carbonyl (C=O) groups is 1. The van der Waals surface area contributed by atoms with Crippen molar-refractivity contribution in [3.8, 4) is 0 Å². The molecular formula is C20H20F3N3O. The number of hydrogen-bond acceptors (Lipinski definition) is 2. The van der Waals surface area contributed by atoms with Gasteiger partial charge in [-0.1, -0.05) is 30.3 Å². The molecule has 2 aromatic carbocycles. The second-order valence-electron chi connectivity index (χ2n) is 7.15. The Morgan fingerprint density at radius 2 is 1.70 bits per heavy atom. The average Bonchev–Trinajstić information content (AvgIpc) is 2.97. The molecule has 2 atom stereocenters. The first-order chi connectivity index (χ1) is 12.9. The fourth-order valence-corrected chi connectivity index (χ4v) is 3.85. The minimum absolute atomic E-state index is 0.106. The molecule has 1 N–H and O–H groups in total. The van der Waals surface area contributed by atoms with Crippen molar-refractivity contribution in [1.82, 2.24) is 9.80 Å². The molecule has 2 saturated heterocycles. The number of alkyl halides is 3. The van der Waals surface area contributed by atoms with Crippen LogP contribution in [0.1, 0.15) is 11.1 Å². The van der Waals surface area contributed by atoms with Gasteiger partial charge in [-0.15, -0.1) is 0 Å². The summed E-state index contributed by atoms with van der Waals surface area (Å²) < 4.78 is 38.0. The second-order valence-corrected chi connectivity index (χ2v) is 7.15. The van der Waals surface area contributed by atoms with Crippen LogP contribution in [0.5, 0.6) is 0 Å². The maximum absolute atomic E-state index is 12.7. The lowest BCUT2D eigenvalue weighted by molar-refractivity contribution is -0.137. The maximum Gasteiger partial charge on any atom is 0.416 e. The van der Waals surface area contributed by atoms with E-state index in [1.807, 2.05) is 35.2 Å². The van der Waals surface area contributed by atoms with Gasteiger partial charge in [0.05, 0.1) is 5.56 Å². The first kappa shape index (κ1) is 17.9. The highest BCUT2D eigenvalue weighted by Crippen LogP contribution is 2.34. The molecule has 4 nitrogen and oxygen atoms in total. The van der Waals surface area contributed by atoms with Crippen molar-refractivity contribution >= 4 is 11.7 Å². The molecule has 7 heteroatoms. The zero-order valence-electron chi connectivity index (χ0n) is 14.6. The highest BCUT2D eigenvalue weighted by molar-refractivity contribution is 5.89. The molecule has 0 aliphatic carbocycles. The van der Waals surface area contributed by atoms with E-state index >= 15 is 0 Å². The molecular weight excluding hydrogens is 355 g/mol. The number of likely N-dealkylation sites (tertiary alicyclic amines) is 2. The topological polar surface area (TPSA) is 35.6 Å². The van der Waals surface area contributed by atoms with E-state index in [9.17, 15) is 18.0 Å². The van der Waals surface area contributed by atoms with E-state index in [0.717, 1.165) is 29.9 Å². The van der Waals surface area contributed by atoms with Gasteiger partial charge in [0.1, 0.15) is 0 Å². The number of rotatable bonds is 3. The number of fused-ring (bicyclic) bond motifs is 1. The van der Waals surface area contributed by atoms with Gasteiger partial charge in [-0.2, -0.15) is 13.2 Å². The predicted octanol–water partition coefficient (Wildman–Crippen LogP) is 4.05. The van der Waals surface area contributed by atoms with Crippen LogP contribution in [0.25, 0.3) is 0 Å². The fraction of sp³-hybridized carbons (Fsp3) is 0.350. The van der Waals surface area contributed by atoms with Crippen molar-refractivity contribution in [1.29, 1.82) is 0 Å². The van der Waals surface area contributed by atoms with Crippen LogP contribution < -0.4 is 5.32 Å². The molecule has 0 radical (unpaired) electrons. The van der Waals surface area contributed by atoms with Crippen molar-refractivity contribution in [3.05, 3.63) is 65.7 Å². The molecule has 2 aliphatic rings. The van der Waals surface area contributed by atoms with E-state index in [1.54, 1.807) is 0 Å². The van der Waals surface area contributed by atoms with E-state index in [0.29, 0.717) is 25.6 Å². The zero-order chi connectivity index (χ0) is 19.0. The van der Waals surface area contributed by atoms with Gasteiger partial charge in [-0.3, -0.25) is 4.90 Å². The lowest BCUT2D eigenvalue weighted by atomic mass is 9.91. The summed E-state index contributed by atoms with van der Waals surface area (Å²) >= 11 is 0. The summed E-state index contributed by atoms with van der Waals surface area (Å²) in [5.74, 6) is 0.431. The highest BCUT2D eigenvalue weighted by Gasteiger charge is 2.46. The SMILES string of the molecule is O=C(Nc1ccccc1)N1C[C@@H]2CN(Cc3ccc(C(F)(F)F)cc3)[C@H]2C1. The van der Waals surface area contributed by atoms with E-state index in [1.165, 1.54) is 12.1 Å². The largest absolute Gasteiger partial charge is 0.416 e. The summed E-state index contributed by atoms with van der Waals surface area (Å²) in [5.41, 5.74) is 0.995. The van der Waals surface area contributed by atoms with Gasteiger partial charge < -0.3 is 10.2 Å². The Bertz CT molecular complexity index is 807. The Hall–Kier alpha value is -2.54. The van der Waals surface area contributed by atoms with Crippen molar-refractivity contribution in [2.75, 3.05) is 25.0 Å². The number of urea groups is 1. The van der Waals surface area contributed by atoms with Crippen molar-refractivity contribution < 1.29 is 18.0 Å². The Balaban J connectivity index is 1.32. The number of carbonyl (C=O) groups excluding carboxylic acids is 1. The van der Waals surface area contributed by atoms with E-state index < -0.39 is 11.7 Å². The van der Waals surface area contributed by atoms with Crippen LogP contribution in [0, 0.1) is 5.92 Å². The quantitative estimate of drug-likeness (QED) is 0.878. The number of anilines is 1. The van der Waals surface area contributed by atoms with Gasteiger partial charge in [0.25, 0.3) is 0 Å². The summed E-state index contributed by atoms with van der Waals surface area (Å²) in [5, 5.41) is 2.90. The molecule has 0 spiro atoms. The molecule has 2 aliphatic heterocycles. The lowest BCUT2D eigenvalue weighted by Gasteiger charge is -2.43. The normalized spacial score (nSPS) is 22.3. The third-order valence-electron chi connectivity index (χ3n) is 5.32. The van der Waals surface area contributed by atoms with Crippen molar-refractivity contribution in [3.63, 3.8) is 0 Å². The van der Waals surface area contributed by atoms with Gasteiger partial charge in [0, 0.05) is 43.8 Å². The summed E-state index contributed by atoms with van der Waals surface area (Å²) in [4.78, 5) is 16.5. The summed E-state index contributed by atoms with van der Waals surface area (Å²) in [6, 6.07) is 14.8. The Kier molecular flexibility index (Phi) is 4.55. The van der Waals surface area contributed by atoms with Crippen molar-refractivity contribution in [2.45, 2.75) is 18.8 Å². The maximum atomic E-state index is 12.7. The third-order valence-corrected chi connectivity index (χ3v) is 5.32. The van der Waals surface area contributed by atoms with Gasteiger partial charge >= 0.3 is 12.2 Å². The van der Waals surface area contributed by atoms with Crippen LogP contribution in [0.4, 0.5) is 23.7 Å². The molecule has 0 bridgehead atoms. The fourth-order valence-electron chi connectivity index (χ4n) is 3.85. The predicted molar refractivity (Wildman–Crippen MR) is 96.2 cm³/mol. The highest BCUT2D eigenvalue weighted by atomic mass is 19.4. The molecule has 0 saturated carbocycles. The van der Waals surface area contributed by atoms with Gasteiger partial charge in [-0.25, -0.2) is 4.79 Å². The summed E-state index contributed by atoms with van der Waals surface area (Å²) in [6.45, 7) is 2.82. The Morgan fingerprint density at radius 3 is 2.37 bits per heavy atom. The molecule has 2 amide bonds. The van der Waals surface area contributed by atoms with E-state index in [-0.39, 0.29) is 12.1 Å². The molecule has 2 aromatic rings. The first-order valence-electron chi connectivity index (χ1n) is 8.91. The monoisotopic (exact) mass is 375 g/mol. The zero-order valence-corrected chi connectivity index (χ0v) is 14.6. The van der Waals surface area contributed by atoms with Crippen LogP contribution >= 0.6 is 0 Å². The molecule has 2 fully saturated rings. The number of para-hydroxylation sites is 1.